The maximum atomic E-state index is 12.7. The first-order valence-corrected chi connectivity index (χ1v) is 6.98. The Morgan fingerprint density at radius 1 is 1.38 bits per heavy atom. The van der Waals surface area contributed by atoms with E-state index in [0.717, 1.165) is 11.3 Å². The van der Waals surface area contributed by atoms with Crippen LogP contribution in [0.2, 0.25) is 0 Å². The van der Waals surface area contributed by atoms with Crippen LogP contribution in [0.25, 0.3) is 0 Å². The van der Waals surface area contributed by atoms with Gasteiger partial charge in [0.15, 0.2) is 0 Å². The highest BCUT2D eigenvalue weighted by atomic mass is 16.5. The number of aryl methyl sites for hydroxylation is 1. The van der Waals surface area contributed by atoms with E-state index in [1.807, 2.05) is 37.3 Å². The van der Waals surface area contributed by atoms with Crippen molar-refractivity contribution in [3.05, 3.63) is 42.0 Å². The Labute approximate surface area is 121 Å². The number of carbonyl (C=O) groups is 2. The number of aliphatic carboxylic acids is 1. The first kappa shape index (κ1) is 12.6. The van der Waals surface area contributed by atoms with Gasteiger partial charge in [-0.3, -0.25) is 4.79 Å². The fourth-order valence-corrected chi connectivity index (χ4v) is 3.71. The molecule has 0 N–H and O–H groups in total. The van der Waals surface area contributed by atoms with Gasteiger partial charge >= 0.3 is 0 Å². The molecule has 5 heteroatoms. The van der Waals surface area contributed by atoms with Gasteiger partial charge in [0.2, 0.25) is 5.91 Å². The molecule has 0 radical (unpaired) electrons. The lowest BCUT2D eigenvalue weighted by Gasteiger charge is -2.24. The summed E-state index contributed by atoms with van der Waals surface area (Å²) in [7, 11) is 0. The summed E-state index contributed by atoms with van der Waals surface area (Å²) in [4.78, 5) is 25.7. The van der Waals surface area contributed by atoms with Crippen molar-refractivity contribution in [1.29, 1.82) is 0 Å². The van der Waals surface area contributed by atoms with E-state index >= 15 is 0 Å². The number of carbonyl (C=O) groups excluding carboxylic acids is 2. The van der Waals surface area contributed by atoms with Gasteiger partial charge in [-0.1, -0.05) is 29.8 Å². The summed E-state index contributed by atoms with van der Waals surface area (Å²) in [5.41, 5.74) is 1.07. The standard InChI is InChI=1S/C16H15NO4/c1-9-2-4-10(5-3-9)17-8-16-7-6-11(21-16)12(15(19)20)13(16)14(17)18/h2-7,11-13H,8H2,1H3,(H,19,20)/p-1/t11-,12-,13-,16+/m1/s1. The van der Waals surface area contributed by atoms with E-state index in [-0.39, 0.29) is 5.91 Å². The molecule has 5 nitrogen and oxygen atoms in total. The average molecular weight is 284 g/mol. The predicted molar refractivity (Wildman–Crippen MR) is 72.3 cm³/mol. The lowest BCUT2D eigenvalue weighted by atomic mass is 9.77. The number of rotatable bonds is 2. The zero-order valence-electron chi connectivity index (χ0n) is 11.5. The molecule has 2 bridgehead atoms. The molecule has 3 aliphatic heterocycles. The van der Waals surface area contributed by atoms with Crippen molar-refractivity contribution >= 4 is 17.6 Å². The van der Waals surface area contributed by atoms with Gasteiger partial charge in [0.25, 0.3) is 0 Å². The second kappa shape index (κ2) is 3.95. The monoisotopic (exact) mass is 284 g/mol. The summed E-state index contributed by atoms with van der Waals surface area (Å²) in [6, 6.07) is 7.60. The van der Waals surface area contributed by atoms with E-state index in [9.17, 15) is 14.7 Å². The Morgan fingerprint density at radius 2 is 2.10 bits per heavy atom. The zero-order valence-corrected chi connectivity index (χ0v) is 11.5. The molecular weight excluding hydrogens is 270 g/mol. The lowest BCUT2D eigenvalue weighted by molar-refractivity contribution is -0.313. The molecule has 0 aliphatic carbocycles. The van der Waals surface area contributed by atoms with Crippen molar-refractivity contribution in [3.8, 4) is 0 Å². The third-order valence-corrected chi connectivity index (χ3v) is 4.72. The Bertz CT molecular complexity index is 665. The van der Waals surface area contributed by atoms with Crippen LogP contribution in [0.1, 0.15) is 5.56 Å². The Balaban J connectivity index is 1.73. The number of amides is 1. The molecule has 21 heavy (non-hydrogen) atoms. The number of hydrogen-bond acceptors (Lipinski definition) is 4. The minimum absolute atomic E-state index is 0.195. The first-order valence-electron chi connectivity index (χ1n) is 6.98. The second-order valence-electron chi connectivity index (χ2n) is 5.98. The van der Waals surface area contributed by atoms with Crippen LogP contribution in [-0.4, -0.2) is 30.1 Å². The highest BCUT2D eigenvalue weighted by Crippen LogP contribution is 2.52. The Hall–Kier alpha value is -2.14. The molecule has 1 amide bonds. The number of anilines is 1. The number of carboxylic acid groups (broad SMARTS) is 1. The van der Waals surface area contributed by atoms with Crippen LogP contribution >= 0.6 is 0 Å². The van der Waals surface area contributed by atoms with Crippen molar-refractivity contribution in [1.82, 2.24) is 0 Å². The summed E-state index contributed by atoms with van der Waals surface area (Å²) in [5, 5.41) is 11.4. The fraction of sp³-hybridized carbons (Fsp3) is 0.375. The SMILES string of the molecule is Cc1ccc(N2C[C@]34C=C[C@@H](O3)[C@@H](C(=O)[O-])[C@@H]4C2=O)cc1. The zero-order chi connectivity index (χ0) is 14.8. The molecule has 3 heterocycles. The van der Waals surface area contributed by atoms with Gasteiger partial charge in [-0.25, -0.2) is 0 Å². The first-order chi connectivity index (χ1) is 10.0. The third-order valence-electron chi connectivity index (χ3n) is 4.72. The summed E-state index contributed by atoms with van der Waals surface area (Å²) in [6.07, 6.45) is 3.04. The van der Waals surface area contributed by atoms with Gasteiger partial charge in [0.05, 0.1) is 18.6 Å². The van der Waals surface area contributed by atoms with Gasteiger partial charge in [0.1, 0.15) is 5.60 Å². The van der Waals surface area contributed by atoms with Crippen LogP contribution in [0.15, 0.2) is 36.4 Å². The average Bonchev–Trinajstić information content (AvgIpc) is 3.08. The van der Waals surface area contributed by atoms with Crippen LogP contribution in [0.3, 0.4) is 0 Å². The lowest BCUT2D eigenvalue weighted by Crippen LogP contribution is -2.45. The molecule has 1 aromatic rings. The maximum absolute atomic E-state index is 12.7. The van der Waals surface area contributed by atoms with E-state index in [0.29, 0.717) is 6.54 Å². The van der Waals surface area contributed by atoms with Crippen LogP contribution < -0.4 is 10.0 Å². The molecule has 1 spiro atoms. The van der Waals surface area contributed by atoms with Crippen LogP contribution in [0, 0.1) is 18.8 Å². The quantitative estimate of drug-likeness (QED) is 0.719. The van der Waals surface area contributed by atoms with Gasteiger partial charge in [0, 0.05) is 17.6 Å². The van der Waals surface area contributed by atoms with Crippen molar-refractivity contribution in [3.63, 3.8) is 0 Å². The van der Waals surface area contributed by atoms with Crippen LogP contribution in [0.4, 0.5) is 5.69 Å². The summed E-state index contributed by atoms with van der Waals surface area (Å²) in [6.45, 7) is 2.33. The van der Waals surface area contributed by atoms with Gasteiger partial charge in [-0.15, -0.1) is 0 Å². The normalized spacial score (nSPS) is 36.3. The number of benzene rings is 1. The van der Waals surface area contributed by atoms with Crippen molar-refractivity contribution in [2.75, 3.05) is 11.4 Å². The van der Waals surface area contributed by atoms with Crippen molar-refractivity contribution < 1.29 is 19.4 Å². The van der Waals surface area contributed by atoms with Crippen LogP contribution in [-0.2, 0) is 14.3 Å². The number of hydrogen-bond donors (Lipinski definition) is 0. The molecule has 1 aromatic carbocycles. The fourth-order valence-electron chi connectivity index (χ4n) is 3.71. The number of carboxylic acids is 1. The minimum atomic E-state index is -1.21. The Kier molecular flexibility index (Phi) is 2.37. The highest BCUT2D eigenvalue weighted by Gasteiger charge is 2.65. The van der Waals surface area contributed by atoms with E-state index < -0.39 is 29.5 Å². The summed E-state index contributed by atoms with van der Waals surface area (Å²) < 4.78 is 5.81. The molecule has 3 aliphatic rings. The van der Waals surface area contributed by atoms with E-state index in [1.54, 1.807) is 11.0 Å². The molecule has 108 valence electrons. The second-order valence-corrected chi connectivity index (χ2v) is 5.98. The molecule has 4 rings (SSSR count). The molecule has 0 unspecified atom stereocenters. The van der Waals surface area contributed by atoms with E-state index in [4.69, 9.17) is 4.74 Å². The molecule has 2 saturated heterocycles. The maximum Gasteiger partial charge on any atom is 0.234 e. The van der Waals surface area contributed by atoms with E-state index in [1.165, 1.54) is 0 Å². The largest absolute Gasteiger partial charge is 0.550 e. The van der Waals surface area contributed by atoms with E-state index in [2.05, 4.69) is 0 Å². The number of nitrogens with zero attached hydrogens (tertiary/aromatic N) is 1. The number of ether oxygens (including phenoxy) is 1. The van der Waals surface area contributed by atoms with Gasteiger partial charge < -0.3 is 19.5 Å². The van der Waals surface area contributed by atoms with Crippen LogP contribution in [0.5, 0.6) is 0 Å². The third kappa shape index (κ3) is 1.55. The molecule has 2 fully saturated rings. The predicted octanol–water partition coefficient (Wildman–Crippen LogP) is 0.0313. The molecule has 4 atom stereocenters. The topological polar surface area (TPSA) is 69.7 Å². The summed E-state index contributed by atoms with van der Waals surface area (Å²) >= 11 is 0. The van der Waals surface area contributed by atoms with Gasteiger partial charge in [-0.2, -0.15) is 0 Å². The molecule has 0 aromatic heterocycles. The smallest absolute Gasteiger partial charge is 0.234 e. The highest BCUT2D eigenvalue weighted by molar-refractivity contribution is 6.02. The van der Waals surface area contributed by atoms with Crippen molar-refractivity contribution in [2.45, 2.75) is 18.6 Å². The number of fused-ring (bicyclic) bond motifs is 1. The Morgan fingerprint density at radius 3 is 2.76 bits per heavy atom. The van der Waals surface area contributed by atoms with Crippen molar-refractivity contribution in [2.24, 2.45) is 11.8 Å². The van der Waals surface area contributed by atoms with Gasteiger partial charge in [-0.05, 0) is 19.1 Å². The minimum Gasteiger partial charge on any atom is -0.550 e. The summed E-state index contributed by atoms with van der Waals surface area (Å²) in [5.74, 6) is -2.98. The molecular formula is C16H14NO4-. The molecule has 0 saturated carbocycles.